The molecule has 5 heteroatoms. The van der Waals surface area contributed by atoms with Crippen molar-refractivity contribution in [3.05, 3.63) is 46.6 Å². The molecule has 0 aromatic heterocycles. The first kappa shape index (κ1) is 10.6. The van der Waals surface area contributed by atoms with Crippen LogP contribution in [0.25, 0.3) is 22.4 Å². The molecule has 0 bridgehead atoms. The largest absolute Gasteiger partial charge is 0.494 e. The van der Waals surface area contributed by atoms with Crippen LogP contribution in [0.2, 0.25) is 0 Å². The Kier molecular flexibility index (Phi) is 2.19. The molecular weight excluding hydrogens is 232 g/mol. The van der Waals surface area contributed by atoms with Gasteiger partial charge in [-0.15, -0.1) is 0 Å². The number of nitrogens with zero attached hydrogens (tertiary/aromatic N) is 2. The highest BCUT2D eigenvalue weighted by molar-refractivity contribution is 5.85. The molecule has 0 amide bonds. The van der Waals surface area contributed by atoms with Gasteiger partial charge in [-0.2, -0.15) is 4.73 Å². The van der Waals surface area contributed by atoms with E-state index in [0.717, 1.165) is 4.73 Å². The summed E-state index contributed by atoms with van der Waals surface area (Å²) in [6, 6.07) is 9.84. The molecule has 3 rings (SSSR count). The first-order valence-electron chi connectivity index (χ1n) is 5.40. The molecule has 0 spiro atoms. The molecule has 18 heavy (non-hydrogen) atoms. The molecule has 1 aromatic carbocycles. The lowest BCUT2D eigenvalue weighted by Gasteiger charge is -2.13. The average Bonchev–Trinajstić information content (AvgIpc) is 2.39. The molecule has 0 radical (unpaired) electrons. The highest BCUT2D eigenvalue weighted by atomic mass is 16.5. The maximum atomic E-state index is 11.7. The molecule has 1 aromatic rings. The number of ether oxygens (including phenoxy) is 1. The van der Waals surface area contributed by atoms with Gasteiger partial charge in [0.05, 0.1) is 12.6 Å². The highest BCUT2D eigenvalue weighted by Gasteiger charge is 2.16. The fourth-order valence-electron chi connectivity index (χ4n) is 2.01. The summed E-state index contributed by atoms with van der Waals surface area (Å²) in [6.45, 7) is 0. The number of methoxy groups -OCH3 is 1. The smallest absolute Gasteiger partial charge is 0.206 e. The Morgan fingerprint density at radius 2 is 2.00 bits per heavy atom. The van der Waals surface area contributed by atoms with Crippen LogP contribution in [0.1, 0.15) is 0 Å². The lowest BCUT2D eigenvalue weighted by molar-refractivity contribution is 0.200. The van der Waals surface area contributed by atoms with E-state index in [1.807, 2.05) is 0 Å². The van der Waals surface area contributed by atoms with Crippen molar-refractivity contribution in [3.63, 3.8) is 0 Å². The van der Waals surface area contributed by atoms with Crippen molar-refractivity contribution in [2.45, 2.75) is 0 Å². The second-order valence-electron chi connectivity index (χ2n) is 3.88. The van der Waals surface area contributed by atoms with Crippen molar-refractivity contribution in [3.8, 4) is 17.1 Å². The van der Waals surface area contributed by atoms with Crippen LogP contribution in [0.5, 0.6) is 5.75 Å². The quantitative estimate of drug-likeness (QED) is 0.521. The summed E-state index contributed by atoms with van der Waals surface area (Å²) in [7, 11) is 1.52. The van der Waals surface area contributed by atoms with Gasteiger partial charge < -0.3 is 9.94 Å². The second-order valence-corrected chi connectivity index (χ2v) is 3.88. The van der Waals surface area contributed by atoms with Crippen LogP contribution in [-0.2, 0) is 0 Å². The van der Waals surface area contributed by atoms with Crippen molar-refractivity contribution in [2.24, 2.45) is 0 Å². The number of hydrogen-bond acceptors (Lipinski definition) is 4. The lowest BCUT2D eigenvalue weighted by atomic mass is 10.2. The number of benzene rings is 2. The van der Waals surface area contributed by atoms with Crippen molar-refractivity contribution in [1.29, 1.82) is 0 Å². The van der Waals surface area contributed by atoms with Gasteiger partial charge in [-0.3, -0.25) is 4.79 Å². The Hall–Kier alpha value is -2.56. The van der Waals surface area contributed by atoms with Crippen molar-refractivity contribution < 1.29 is 9.94 Å². The van der Waals surface area contributed by atoms with Gasteiger partial charge in [0.15, 0.2) is 0 Å². The molecule has 0 saturated heterocycles. The van der Waals surface area contributed by atoms with Gasteiger partial charge in [0.25, 0.3) is 0 Å². The van der Waals surface area contributed by atoms with Crippen LogP contribution >= 0.6 is 0 Å². The van der Waals surface area contributed by atoms with Gasteiger partial charge in [-0.25, -0.2) is 4.98 Å². The van der Waals surface area contributed by atoms with E-state index in [2.05, 4.69) is 4.98 Å². The summed E-state index contributed by atoms with van der Waals surface area (Å²) in [6.07, 6.45) is 0. The first-order chi connectivity index (χ1) is 8.72. The Bertz CT molecular complexity index is 764. The normalized spacial score (nSPS) is 10.9. The molecule has 1 aliphatic carbocycles. The summed E-state index contributed by atoms with van der Waals surface area (Å²) < 4.78 is 6.13. The monoisotopic (exact) mass is 242 g/mol. The minimum atomic E-state index is -0.222. The number of para-hydroxylation sites is 2. The Morgan fingerprint density at radius 1 is 1.22 bits per heavy atom. The summed E-state index contributed by atoms with van der Waals surface area (Å²) in [5.41, 5.74) is 1.33. The zero-order valence-corrected chi connectivity index (χ0v) is 9.62. The van der Waals surface area contributed by atoms with Gasteiger partial charge in [0, 0.05) is 0 Å². The van der Waals surface area contributed by atoms with Crippen molar-refractivity contribution in [2.75, 3.05) is 7.11 Å². The molecule has 0 unspecified atom stereocenters. The Morgan fingerprint density at radius 3 is 2.78 bits per heavy atom. The second kappa shape index (κ2) is 3.73. The van der Waals surface area contributed by atoms with Crippen LogP contribution in [0.3, 0.4) is 0 Å². The molecule has 0 fully saturated rings. The fraction of sp³-hybridized carbons (Fsp3) is 0.0769. The number of aromatic nitrogens is 2. The van der Waals surface area contributed by atoms with Gasteiger partial charge >= 0.3 is 0 Å². The van der Waals surface area contributed by atoms with Crippen LogP contribution in [-0.4, -0.2) is 22.0 Å². The maximum absolute atomic E-state index is 11.7. The predicted molar refractivity (Wildman–Crippen MR) is 66.4 cm³/mol. The van der Waals surface area contributed by atoms with Gasteiger partial charge in [-0.1, -0.05) is 12.1 Å². The van der Waals surface area contributed by atoms with Gasteiger partial charge in [0.2, 0.25) is 5.43 Å². The van der Waals surface area contributed by atoms with Gasteiger partial charge in [-0.05, 0) is 24.3 Å². The Labute approximate surface area is 102 Å². The summed E-state index contributed by atoms with van der Waals surface area (Å²) >= 11 is 0. The molecule has 2 aliphatic rings. The van der Waals surface area contributed by atoms with Crippen LogP contribution < -0.4 is 10.2 Å². The third-order valence-electron chi connectivity index (χ3n) is 2.85. The molecule has 1 N–H and O–H groups in total. The van der Waals surface area contributed by atoms with Crippen LogP contribution in [0.4, 0.5) is 0 Å². The van der Waals surface area contributed by atoms with E-state index in [1.54, 1.807) is 30.3 Å². The van der Waals surface area contributed by atoms with Crippen LogP contribution in [0.15, 0.2) is 41.2 Å². The summed E-state index contributed by atoms with van der Waals surface area (Å²) in [5, 5.41) is 10.2. The zero-order chi connectivity index (χ0) is 12.7. The van der Waals surface area contributed by atoms with Gasteiger partial charge in [0.1, 0.15) is 22.7 Å². The van der Waals surface area contributed by atoms with Crippen molar-refractivity contribution in [1.82, 2.24) is 9.71 Å². The topological polar surface area (TPSA) is 64.3 Å². The van der Waals surface area contributed by atoms with E-state index in [1.165, 1.54) is 13.2 Å². The van der Waals surface area contributed by atoms with E-state index in [4.69, 9.17) is 4.74 Å². The highest BCUT2D eigenvalue weighted by Crippen LogP contribution is 2.28. The van der Waals surface area contributed by atoms with E-state index < -0.39 is 0 Å². The average molecular weight is 242 g/mol. The third-order valence-corrected chi connectivity index (χ3v) is 2.85. The standard InChI is InChI=1S/C13H10N2O3/c1-18-11-7-2-4-8-13(11)15(17)9-5-3-6-10(16)12(9)14-8/h2-7,17H,1H3. The molecule has 90 valence electrons. The molecule has 0 atom stereocenters. The zero-order valence-electron chi connectivity index (χ0n) is 9.62. The minimum Gasteiger partial charge on any atom is -0.494 e. The number of hydrogen-bond donors (Lipinski definition) is 1. The first-order valence-corrected chi connectivity index (χ1v) is 5.40. The number of fused-ring (bicyclic) bond motifs is 2. The lowest BCUT2D eigenvalue weighted by Crippen LogP contribution is -2.13. The Balaban J connectivity index is 2.58. The molecule has 5 nitrogen and oxygen atoms in total. The van der Waals surface area contributed by atoms with Crippen molar-refractivity contribution >= 4 is 11.0 Å². The predicted octanol–water partition coefficient (Wildman–Crippen LogP) is 1.75. The maximum Gasteiger partial charge on any atom is 0.206 e. The minimum absolute atomic E-state index is 0.222. The summed E-state index contributed by atoms with van der Waals surface area (Å²) in [4.78, 5) is 16.0. The van der Waals surface area contributed by atoms with E-state index in [-0.39, 0.29) is 11.1 Å². The molecule has 1 aliphatic heterocycles. The summed E-state index contributed by atoms with van der Waals surface area (Å²) in [5.74, 6) is 0.501. The SMILES string of the molecule is COc1cccc2nc3c(=O)cccc-3n(O)c12. The molecule has 0 saturated carbocycles. The third kappa shape index (κ3) is 1.34. The van der Waals surface area contributed by atoms with Crippen LogP contribution in [0, 0.1) is 0 Å². The van der Waals surface area contributed by atoms with E-state index >= 15 is 0 Å². The molecular formula is C13H10N2O3. The fourth-order valence-corrected chi connectivity index (χ4v) is 2.01. The van der Waals surface area contributed by atoms with E-state index in [9.17, 15) is 10.0 Å². The van der Waals surface area contributed by atoms with E-state index in [0.29, 0.717) is 22.5 Å². The molecule has 1 heterocycles. The number of rotatable bonds is 1.